The maximum Gasteiger partial charge on any atom is 0.241 e. The maximum atomic E-state index is 12.1. The van der Waals surface area contributed by atoms with E-state index in [1.807, 2.05) is 19.1 Å². The first-order valence-electron chi connectivity index (χ1n) is 6.35. The first kappa shape index (κ1) is 12.1. The summed E-state index contributed by atoms with van der Waals surface area (Å²) >= 11 is 0. The van der Waals surface area contributed by atoms with E-state index in [9.17, 15) is 4.79 Å². The molecule has 0 spiro atoms. The molecule has 1 saturated heterocycles. The molecule has 2 rings (SSSR count). The van der Waals surface area contributed by atoms with Gasteiger partial charge in [-0.1, -0.05) is 25.1 Å². The summed E-state index contributed by atoms with van der Waals surface area (Å²) in [4.78, 5) is 12.1. The SMILES string of the molecule is CCc1cccc(C)c1NC(=O)[C@@H]1CCCN1. The van der Waals surface area contributed by atoms with Crippen molar-refractivity contribution in [3.8, 4) is 0 Å². The highest BCUT2D eigenvalue weighted by Crippen LogP contribution is 2.21. The Morgan fingerprint density at radius 1 is 1.53 bits per heavy atom. The van der Waals surface area contributed by atoms with E-state index in [4.69, 9.17) is 0 Å². The summed E-state index contributed by atoms with van der Waals surface area (Å²) < 4.78 is 0. The van der Waals surface area contributed by atoms with Gasteiger partial charge in [-0.3, -0.25) is 4.79 Å². The highest BCUT2D eigenvalue weighted by atomic mass is 16.2. The van der Waals surface area contributed by atoms with E-state index in [0.717, 1.165) is 37.1 Å². The van der Waals surface area contributed by atoms with Gasteiger partial charge < -0.3 is 10.6 Å². The number of anilines is 1. The molecular formula is C14H20N2O. The second kappa shape index (κ2) is 5.32. The molecule has 1 fully saturated rings. The van der Waals surface area contributed by atoms with Gasteiger partial charge in [0.2, 0.25) is 5.91 Å². The van der Waals surface area contributed by atoms with Crippen molar-refractivity contribution < 1.29 is 4.79 Å². The molecule has 0 unspecified atom stereocenters. The van der Waals surface area contributed by atoms with Crippen LogP contribution in [0.5, 0.6) is 0 Å². The van der Waals surface area contributed by atoms with Gasteiger partial charge in [0.05, 0.1) is 6.04 Å². The standard InChI is InChI=1S/C14H20N2O/c1-3-11-7-4-6-10(2)13(11)16-14(17)12-8-5-9-15-12/h4,6-7,12,15H,3,5,8-9H2,1-2H3,(H,16,17)/t12-/m0/s1. The summed E-state index contributed by atoms with van der Waals surface area (Å²) in [7, 11) is 0. The molecule has 1 heterocycles. The normalized spacial score (nSPS) is 19.3. The summed E-state index contributed by atoms with van der Waals surface area (Å²) in [5.41, 5.74) is 3.33. The fourth-order valence-electron chi connectivity index (χ4n) is 2.32. The van der Waals surface area contributed by atoms with Gasteiger partial charge in [0.15, 0.2) is 0 Å². The van der Waals surface area contributed by atoms with Crippen LogP contribution in [-0.2, 0) is 11.2 Å². The van der Waals surface area contributed by atoms with E-state index in [1.165, 1.54) is 5.56 Å². The third-order valence-electron chi connectivity index (χ3n) is 3.36. The minimum atomic E-state index is -0.0145. The van der Waals surface area contributed by atoms with Crippen molar-refractivity contribution in [2.75, 3.05) is 11.9 Å². The minimum absolute atomic E-state index is 0.0145. The van der Waals surface area contributed by atoms with Crippen LogP contribution in [0.4, 0.5) is 5.69 Å². The molecule has 17 heavy (non-hydrogen) atoms. The van der Waals surface area contributed by atoms with Crippen LogP contribution < -0.4 is 10.6 Å². The molecule has 92 valence electrons. The Kier molecular flexibility index (Phi) is 3.79. The maximum absolute atomic E-state index is 12.1. The lowest BCUT2D eigenvalue weighted by molar-refractivity contribution is -0.117. The zero-order valence-electron chi connectivity index (χ0n) is 10.5. The molecule has 1 atom stereocenters. The predicted molar refractivity (Wildman–Crippen MR) is 70.2 cm³/mol. The molecule has 1 aromatic carbocycles. The highest BCUT2D eigenvalue weighted by Gasteiger charge is 2.22. The summed E-state index contributed by atoms with van der Waals surface area (Å²) in [6.45, 7) is 5.10. The fourth-order valence-corrected chi connectivity index (χ4v) is 2.32. The van der Waals surface area contributed by atoms with Gasteiger partial charge in [0.1, 0.15) is 0 Å². The number of para-hydroxylation sites is 1. The lowest BCUT2D eigenvalue weighted by Crippen LogP contribution is -2.35. The Morgan fingerprint density at radius 3 is 3.00 bits per heavy atom. The molecule has 1 aliphatic rings. The number of carbonyl (C=O) groups is 1. The first-order chi connectivity index (χ1) is 8.22. The molecule has 1 aliphatic heterocycles. The van der Waals surface area contributed by atoms with Crippen molar-refractivity contribution in [3.63, 3.8) is 0 Å². The van der Waals surface area contributed by atoms with E-state index < -0.39 is 0 Å². The van der Waals surface area contributed by atoms with E-state index in [0.29, 0.717) is 0 Å². The third kappa shape index (κ3) is 2.67. The van der Waals surface area contributed by atoms with E-state index in [-0.39, 0.29) is 11.9 Å². The molecule has 1 aromatic rings. The Balaban J connectivity index is 2.14. The van der Waals surface area contributed by atoms with Crippen LogP contribution in [0, 0.1) is 6.92 Å². The van der Waals surface area contributed by atoms with Crippen molar-refractivity contribution in [3.05, 3.63) is 29.3 Å². The number of rotatable bonds is 3. The van der Waals surface area contributed by atoms with Crippen molar-refractivity contribution in [1.82, 2.24) is 5.32 Å². The van der Waals surface area contributed by atoms with Gasteiger partial charge in [-0.25, -0.2) is 0 Å². The second-order valence-corrected chi connectivity index (χ2v) is 4.60. The van der Waals surface area contributed by atoms with Crippen LogP contribution in [0.3, 0.4) is 0 Å². The Bertz CT molecular complexity index is 409. The largest absolute Gasteiger partial charge is 0.324 e. The van der Waals surface area contributed by atoms with Crippen LogP contribution in [0.25, 0.3) is 0 Å². The van der Waals surface area contributed by atoms with Gasteiger partial charge in [-0.2, -0.15) is 0 Å². The van der Waals surface area contributed by atoms with Gasteiger partial charge >= 0.3 is 0 Å². The van der Waals surface area contributed by atoms with Crippen LogP contribution in [-0.4, -0.2) is 18.5 Å². The monoisotopic (exact) mass is 232 g/mol. The Morgan fingerprint density at radius 2 is 2.35 bits per heavy atom. The molecular weight excluding hydrogens is 212 g/mol. The van der Waals surface area contributed by atoms with Crippen molar-refractivity contribution >= 4 is 11.6 Å². The molecule has 0 radical (unpaired) electrons. The van der Waals surface area contributed by atoms with E-state index in [2.05, 4.69) is 23.6 Å². The first-order valence-corrected chi connectivity index (χ1v) is 6.35. The van der Waals surface area contributed by atoms with Gasteiger partial charge in [-0.05, 0) is 43.9 Å². The van der Waals surface area contributed by atoms with Crippen LogP contribution >= 0.6 is 0 Å². The number of aryl methyl sites for hydroxylation is 2. The van der Waals surface area contributed by atoms with Gasteiger partial charge in [0.25, 0.3) is 0 Å². The molecule has 3 nitrogen and oxygen atoms in total. The Hall–Kier alpha value is -1.35. The van der Waals surface area contributed by atoms with Crippen molar-refractivity contribution in [2.24, 2.45) is 0 Å². The number of hydrogen-bond acceptors (Lipinski definition) is 2. The Labute approximate surface area is 103 Å². The van der Waals surface area contributed by atoms with Crippen molar-refractivity contribution in [1.29, 1.82) is 0 Å². The predicted octanol–water partition coefficient (Wildman–Crippen LogP) is 2.25. The van der Waals surface area contributed by atoms with Gasteiger partial charge in [-0.15, -0.1) is 0 Å². The average molecular weight is 232 g/mol. The third-order valence-corrected chi connectivity index (χ3v) is 3.36. The summed E-state index contributed by atoms with van der Waals surface area (Å²) in [6.07, 6.45) is 2.97. The smallest absolute Gasteiger partial charge is 0.241 e. The lowest BCUT2D eigenvalue weighted by Gasteiger charge is -2.16. The molecule has 2 N–H and O–H groups in total. The van der Waals surface area contributed by atoms with Crippen LogP contribution in [0.15, 0.2) is 18.2 Å². The zero-order chi connectivity index (χ0) is 12.3. The topological polar surface area (TPSA) is 41.1 Å². The molecule has 1 amide bonds. The summed E-state index contributed by atoms with van der Waals surface area (Å²) in [5.74, 6) is 0.103. The zero-order valence-corrected chi connectivity index (χ0v) is 10.5. The molecule has 0 saturated carbocycles. The second-order valence-electron chi connectivity index (χ2n) is 4.60. The number of nitrogens with one attached hydrogen (secondary N) is 2. The number of hydrogen-bond donors (Lipinski definition) is 2. The quantitative estimate of drug-likeness (QED) is 0.839. The van der Waals surface area contributed by atoms with Crippen LogP contribution in [0.1, 0.15) is 30.9 Å². The minimum Gasteiger partial charge on any atom is -0.324 e. The van der Waals surface area contributed by atoms with Crippen molar-refractivity contribution in [2.45, 2.75) is 39.2 Å². The summed E-state index contributed by atoms with van der Waals surface area (Å²) in [6, 6.07) is 6.14. The van der Waals surface area contributed by atoms with Crippen LogP contribution in [0.2, 0.25) is 0 Å². The number of carbonyl (C=O) groups excluding carboxylic acids is 1. The fraction of sp³-hybridized carbons (Fsp3) is 0.500. The highest BCUT2D eigenvalue weighted by molar-refractivity contribution is 5.96. The van der Waals surface area contributed by atoms with E-state index >= 15 is 0 Å². The van der Waals surface area contributed by atoms with Gasteiger partial charge in [0, 0.05) is 5.69 Å². The molecule has 0 bridgehead atoms. The molecule has 0 aliphatic carbocycles. The number of benzene rings is 1. The lowest BCUT2D eigenvalue weighted by atomic mass is 10.1. The number of amides is 1. The molecule has 3 heteroatoms. The molecule has 0 aromatic heterocycles. The summed E-state index contributed by atoms with van der Waals surface area (Å²) in [5, 5.41) is 6.29. The van der Waals surface area contributed by atoms with E-state index in [1.54, 1.807) is 0 Å². The average Bonchev–Trinajstić information content (AvgIpc) is 2.85.